The maximum absolute atomic E-state index is 12.5. The molecule has 0 bridgehead atoms. The normalized spacial score (nSPS) is 10.6. The van der Waals surface area contributed by atoms with E-state index in [4.69, 9.17) is 9.47 Å². The molecule has 1 amide bonds. The quantitative estimate of drug-likeness (QED) is 0.652. The Morgan fingerprint density at radius 3 is 2.81 bits per heavy atom. The summed E-state index contributed by atoms with van der Waals surface area (Å²) in [7, 11) is 1.55. The van der Waals surface area contributed by atoms with E-state index in [1.807, 2.05) is 19.2 Å². The average molecular weight is 390 g/mol. The minimum absolute atomic E-state index is 0.231. The first kappa shape index (κ1) is 18.3. The lowest BCUT2D eigenvalue weighted by Crippen LogP contribution is -2.12. The lowest BCUT2D eigenvalue weighted by molar-refractivity contribution is 0.102. The Kier molecular flexibility index (Phi) is 5.85. The highest BCUT2D eigenvalue weighted by Crippen LogP contribution is 2.30. The molecule has 1 aromatic carbocycles. The van der Waals surface area contributed by atoms with Crippen molar-refractivity contribution in [3.8, 4) is 11.5 Å². The van der Waals surface area contributed by atoms with Gasteiger partial charge in [0.25, 0.3) is 5.91 Å². The second kappa shape index (κ2) is 8.29. The number of thiazole rings is 2. The summed E-state index contributed by atoms with van der Waals surface area (Å²) in [5.41, 5.74) is 4.10. The van der Waals surface area contributed by atoms with Crippen molar-refractivity contribution in [1.82, 2.24) is 9.97 Å². The van der Waals surface area contributed by atoms with Gasteiger partial charge < -0.3 is 9.47 Å². The molecule has 0 saturated carbocycles. The third-order valence-corrected chi connectivity index (χ3v) is 5.30. The molecule has 136 valence electrons. The van der Waals surface area contributed by atoms with Crippen LogP contribution in [-0.2, 0) is 13.0 Å². The third kappa shape index (κ3) is 4.20. The Balaban J connectivity index is 1.71. The number of methoxy groups -OCH3 is 1. The molecule has 2 heterocycles. The molecule has 0 saturated heterocycles. The fourth-order valence-corrected chi connectivity index (χ4v) is 3.81. The summed E-state index contributed by atoms with van der Waals surface area (Å²) in [6.07, 6.45) is 0.844. The molecule has 1 N–H and O–H groups in total. The molecule has 0 aliphatic carbocycles. The highest BCUT2D eigenvalue weighted by Gasteiger charge is 2.14. The molecule has 0 aliphatic rings. The van der Waals surface area contributed by atoms with Crippen molar-refractivity contribution in [3.05, 3.63) is 50.9 Å². The van der Waals surface area contributed by atoms with Crippen molar-refractivity contribution >= 4 is 33.7 Å². The van der Waals surface area contributed by atoms with Crippen molar-refractivity contribution in [2.75, 3.05) is 12.4 Å². The van der Waals surface area contributed by atoms with Gasteiger partial charge in [-0.25, -0.2) is 9.97 Å². The van der Waals surface area contributed by atoms with Gasteiger partial charge in [-0.2, -0.15) is 0 Å². The largest absolute Gasteiger partial charge is 0.493 e. The van der Waals surface area contributed by atoms with E-state index in [0.29, 0.717) is 28.8 Å². The predicted octanol–water partition coefficient (Wildman–Crippen LogP) is 4.31. The third-order valence-electron chi connectivity index (χ3n) is 3.73. The number of carbonyl (C=O) groups is 1. The number of benzene rings is 1. The number of carbonyl (C=O) groups excluding carboxylic acids is 1. The number of ether oxygens (including phenoxy) is 2. The fourth-order valence-electron chi connectivity index (χ4n) is 2.37. The summed E-state index contributed by atoms with van der Waals surface area (Å²) in [5, 5.41) is 5.37. The number of hydrogen-bond donors (Lipinski definition) is 1. The van der Waals surface area contributed by atoms with Gasteiger partial charge in [0.15, 0.2) is 16.6 Å². The molecule has 8 heteroatoms. The van der Waals surface area contributed by atoms with Gasteiger partial charge in [0.05, 0.1) is 24.0 Å². The monoisotopic (exact) mass is 389 g/mol. The molecule has 0 unspecified atom stereocenters. The molecule has 0 atom stereocenters. The van der Waals surface area contributed by atoms with Gasteiger partial charge >= 0.3 is 0 Å². The van der Waals surface area contributed by atoms with E-state index < -0.39 is 0 Å². The Hall–Kier alpha value is -2.45. The molecular weight excluding hydrogens is 370 g/mol. The summed E-state index contributed by atoms with van der Waals surface area (Å²) in [4.78, 5) is 22.2. The standard InChI is InChI=1S/C18H19N3O3S2/c1-4-14-11(2)26-18(20-14)21-17(22)12-5-6-15(16(7-12)23-3)24-8-13-9-25-10-19-13/h5-7,9-10H,4,8H2,1-3H3,(H,20,21,22). The fraction of sp³-hybridized carbons (Fsp3) is 0.278. The number of amides is 1. The minimum atomic E-state index is -0.231. The van der Waals surface area contributed by atoms with Crippen molar-refractivity contribution in [1.29, 1.82) is 0 Å². The van der Waals surface area contributed by atoms with E-state index in [0.717, 1.165) is 22.7 Å². The molecule has 26 heavy (non-hydrogen) atoms. The second-order valence-corrected chi connectivity index (χ2v) is 7.39. The lowest BCUT2D eigenvalue weighted by atomic mass is 10.2. The Morgan fingerprint density at radius 1 is 1.31 bits per heavy atom. The number of aromatic nitrogens is 2. The van der Waals surface area contributed by atoms with Crippen molar-refractivity contribution in [3.63, 3.8) is 0 Å². The van der Waals surface area contributed by atoms with Crippen molar-refractivity contribution in [2.45, 2.75) is 26.9 Å². The molecule has 3 aromatic rings. The molecular formula is C18H19N3O3S2. The number of hydrogen-bond acceptors (Lipinski definition) is 7. The van der Waals surface area contributed by atoms with Crippen LogP contribution in [0.3, 0.4) is 0 Å². The van der Waals surface area contributed by atoms with Gasteiger partial charge in [0, 0.05) is 15.8 Å². The molecule has 2 aromatic heterocycles. The summed E-state index contributed by atoms with van der Waals surface area (Å²) in [5.74, 6) is 0.832. The van der Waals surface area contributed by atoms with E-state index >= 15 is 0 Å². The number of aryl methyl sites for hydroxylation is 2. The Morgan fingerprint density at radius 2 is 2.15 bits per heavy atom. The zero-order valence-corrected chi connectivity index (χ0v) is 16.4. The van der Waals surface area contributed by atoms with Gasteiger partial charge in [-0.15, -0.1) is 22.7 Å². The van der Waals surface area contributed by atoms with Crippen LogP contribution in [0.2, 0.25) is 0 Å². The number of nitrogens with zero attached hydrogens (tertiary/aromatic N) is 2. The van der Waals surface area contributed by atoms with Crippen LogP contribution in [0, 0.1) is 6.92 Å². The van der Waals surface area contributed by atoms with Crippen LogP contribution < -0.4 is 14.8 Å². The van der Waals surface area contributed by atoms with Gasteiger partial charge in [0.1, 0.15) is 6.61 Å². The predicted molar refractivity (Wildman–Crippen MR) is 104 cm³/mol. The van der Waals surface area contributed by atoms with Crippen LogP contribution in [0.15, 0.2) is 29.1 Å². The van der Waals surface area contributed by atoms with E-state index in [2.05, 4.69) is 15.3 Å². The Bertz CT molecular complexity index is 891. The summed E-state index contributed by atoms with van der Waals surface area (Å²) < 4.78 is 11.1. The number of anilines is 1. The number of rotatable bonds is 7. The first-order valence-electron chi connectivity index (χ1n) is 8.06. The molecule has 0 fully saturated rings. The summed E-state index contributed by atoms with van der Waals surface area (Å²) in [6.45, 7) is 4.40. The first-order valence-corrected chi connectivity index (χ1v) is 9.82. The van der Waals surface area contributed by atoms with Crippen molar-refractivity contribution in [2.24, 2.45) is 0 Å². The molecule has 3 rings (SSSR count). The highest BCUT2D eigenvalue weighted by atomic mass is 32.1. The smallest absolute Gasteiger partial charge is 0.257 e. The molecule has 0 radical (unpaired) electrons. The summed E-state index contributed by atoms with van der Waals surface area (Å²) in [6, 6.07) is 5.09. The van der Waals surface area contributed by atoms with E-state index in [9.17, 15) is 4.79 Å². The zero-order valence-electron chi connectivity index (χ0n) is 14.7. The summed E-state index contributed by atoms with van der Waals surface area (Å²) >= 11 is 2.99. The highest BCUT2D eigenvalue weighted by molar-refractivity contribution is 7.15. The van der Waals surface area contributed by atoms with Crippen LogP contribution in [0.25, 0.3) is 0 Å². The van der Waals surface area contributed by atoms with Crippen LogP contribution in [0.4, 0.5) is 5.13 Å². The molecule has 6 nitrogen and oxygen atoms in total. The van der Waals surface area contributed by atoms with Gasteiger partial charge in [-0.3, -0.25) is 10.1 Å². The maximum atomic E-state index is 12.5. The second-order valence-electron chi connectivity index (χ2n) is 5.46. The maximum Gasteiger partial charge on any atom is 0.257 e. The lowest BCUT2D eigenvalue weighted by Gasteiger charge is -2.11. The average Bonchev–Trinajstić information content (AvgIpc) is 3.29. The van der Waals surface area contributed by atoms with Crippen LogP contribution in [0.1, 0.15) is 33.5 Å². The van der Waals surface area contributed by atoms with Gasteiger partial charge in [0.2, 0.25) is 0 Å². The van der Waals surface area contributed by atoms with E-state index in [1.165, 1.54) is 22.7 Å². The SMILES string of the molecule is CCc1nc(NC(=O)c2ccc(OCc3cscn3)c(OC)c2)sc1C. The number of nitrogens with one attached hydrogen (secondary N) is 1. The van der Waals surface area contributed by atoms with E-state index in [-0.39, 0.29) is 5.91 Å². The van der Waals surface area contributed by atoms with Crippen molar-refractivity contribution < 1.29 is 14.3 Å². The minimum Gasteiger partial charge on any atom is -0.493 e. The van der Waals surface area contributed by atoms with Crippen LogP contribution in [0.5, 0.6) is 11.5 Å². The topological polar surface area (TPSA) is 73.3 Å². The van der Waals surface area contributed by atoms with Crippen LogP contribution >= 0.6 is 22.7 Å². The molecule has 0 spiro atoms. The van der Waals surface area contributed by atoms with Gasteiger partial charge in [-0.1, -0.05) is 6.92 Å². The van der Waals surface area contributed by atoms with E-state index in [1.54, 1.807) is 30.8 Å². The van der Waals surface area contributed by atoms with Gasteiger partial charge in [-0.05, 0) is 31.5 Å². The first-order chi connectivity index (χ1) is 12.6. The zero-order chi connectivity index (χ0) is 18.5. The Labute approximate surface area is 159 Å². The van der Waals surface area contributed by atoms with Crippen LogP contribution in [-0.4, -0.2) is 23.0 Å². The molecule has 0 aliphatic heterocycles.